The fourth-order valence-electron chi connectivity index (χ4n) is 2.48. The number of carbonyl (C=O) groups excluding carboxylic acids is 2. The summed E-state index contributed by atoms with van der Waals surface area (Å²) in [7, 11) is 0. The quantitative estimate of drug-likeness (QED) is 0.667. The number of halogens is 2. The van der Waals surface area contributed by atoms with E-state index in [1.54, 1.807) is 43.3 Å². The van der Waals surface area contributed by atoms with Gasteiger partial charge in [0.15, 0.2) is 6.61 Å². The first-order valence-electron chi connectivity index (χ1n) is 8.72. The van der Waals surface area contributed by atoms with E-state index in [-0.39, 0.29) is 26.3 Å². The fraction of sp³-hybridized carbons (Fsp3) is 0.300. The molecule has 0 unspecified atom stereocenters. The maximum Gasteiger partial charge on any atom is 0.261 e. The van der Waals surface area contributed by atoms with Crippen molar-refractivity contribution in [1.82, 2.24) is 10.2 Å². The average Bonchev–Trinajstić information content (AvgIpc) is 2.70. The lowest BCUT2D eigenvalue weighted by Crippen LogP contribution is -2.49. The maximum absolute atomic E-state index is 13.2. The van der Waals surface area contributed by atoms with Gasteiger partial charge in [0, 0.05) is 13.1 Å². The zero-order valence-electron chi connectivity index (χ0n) is 15.4. The second-order valence-electron chi connectivity index (χ2n) is 6.06. The fourth-order valence-corrected chi connectivity index (χ4v) is 2.67. The van der Waals surface area contributed by atoms with Crippen molar-refractivity contribution >= 4 is 23.4 Å². The van der Waals surface area contributed by atoms with Gasteiger partial charge < -0.3 is 20.1 Å². The number of nitrogens with one attached hydrogen (secondary N) is 1. The summed E-state index contributed by atoms with van der Waals surface area (Å²) in [5.74, 6) is -0.882. The van der Waals surface area contributed by atoms with Crippen LogP contribution in [-0.4, -0.2) is 47.6 Å². The van der Waals surface area contributed by atoms with Gasteiger partial charge in [-0.05, 0) is 36.8 Å². The second kappa shape index (κ2) is 10.6. The monoisotopic (exact) mass is 408 g/mol. The molecule has 0 fully saturated rings. The van der Waals surface area contributed by atoms with Crippen LogP contribution in [0.15, 0.2) is 48.5 Å². The van der Waals surface area contributed by atoms with Crippen molar-refractivity contribution in [2.24, 2.45) is 0 Å². The molecule has 150 valence electrons. The smallest absolute Gasteiger partial charge is 0.261 e. The molecular weight excluding hydrogens is 387 g/mol. The molecule has 0 aliphatic rings. The number of carbonyl (C=O) groups is 2. The molecule has 0 aliphatic carbocycles. The summed E-state index contributed by atoms with van der Waals surface area (Å²) in [5, 5.41) is 11.8. The zero-order chi connectivity index (χ0) is 20.5. The van der Waals surface area contributed by atoms with Crippen LogP contribution >= 0.6 is 11.6 Å². The van der Waals surface area contributed by atoms with Gasteiger partial charge in [-0.1, -0.05) is 35.9 Å². The first kappa shape index (κ1) is 21.7. The van der Waals surface area contributed by atoms with Crippen molar-refractivity contribution in [2.75, 3.05) is 19.8 Å². The Bertz CT molecular complexity index is 801. The van der Waals surface area contributed by atoms with Gasteiger partial charge in [-0.25, -0.2) is 4.39 Å². The molecule has 2 amide bonds. The van der Waals surface area contributed by atoms with Crippen LogP contribution in [0.1, 0.15) is 12.5 Å². The summed E-state index contributed by atoms with van der Waals surface area (Å²) in [6.45, 7) is 1.22. The lowest BCUT2D eigenvalue weighted by Gasteiger charge is -2.28. The molecule has 8 heteroatoms. The summed E-state index contributed by atoms with van der Waals surface area (Å²) in [6.07, 6.45) is 0. The summed E-state index contributed by atoms with van der Waals surface area (Å²) in [6, 6.07) is 11.6. The number of benzene rings is 2. The minimum Gasteiger partial charge on any atom is -0.482 e. The molecule has 0 heterocycles. The molecule has 0 saturated carbocycles. The Morgan fingerprint density at radius 2 is 1.89 bits per heavy atom. The summed E-state index contributed by atoms with van der Waals surface area (Å²) in [4.78, 5) is 26.4. The third-order valence-electron chi connectivity index (χ3n) is 4.03. The van der Waals surface area contributed by atoms with E-state index in [4.69, 9.17) is 21.4 Å². The third-order valence-corrected chi connectivity index (χ3v) is 4.34. The largest absolute Gasteiger partial charge is 0.482 e. The van der Waals surface area contributed by atoms with Crippen LogP contribution < -0.4 is 10.1 Å². The number of nitrogens with zero attached hydrogens (tertiary/aromatic N) is 1. The molecular formula is C20H22ClFN2O4. The van der Waals surface area contributed by atoms with Crippen LogP contribution in [0, 0.1) is 5.82 Å². The Morgan fingerprint density at radius 3 is 2.54 bits per heavy atom. The highest BCUT2D eigenvalue weighted by molar-refractivity contribution is 6.32. The van der Waals surface area contributed by atoms with Crippen molar-refractivity contribution in [3.63, 3.8) is 0 Å². The highest BCUT2D eigenvalue weighted by atomic mass is 35.5. The molecule has 0 saturated heterocycles. The Balaban J connectivity index is 2.13. The van der Waals surface area contributed by atoms with Gasteiger partial charge in [0.05, 0.1) is 11.6 Å². The predicted octanol–water partition coefficient (Wildman–Crippen LogP) is 2.38. The number of rotatable bonds is 9. The van der Waals surface area contributed by atoms with E-state index in [1.807, 2.05) is 0 Å². The lowest BCUT2D eigenvalue weighted by atomic mass is 10.1. The molecule has 0 aliphatic heterocycles. The average molecular weight is 409 g/mol. The van der Waals surface area contributed by atoms with Gasteiger partial charge >= 0.3 is 0 Å². The first-order chi connectivity index (χ1) is 13.4. The maximum atomic E-state index is 13.2. The van der Waals surface area contributed by atoms with E-state index >= 15 is 0 Å². The van der Waals surface area contributed by atoms with E-state index in [0.717, 1.165) is 0 Å². The molecule has 0 aromatic heterocycles. The minimum absolute atomic E-state index is 0.0812. The van der Waals surface area contributed by atoms with Gasteiger partial charge in [0.1, 0.15) is 17.6 Å². The lowest BCUT2D eigenvalue weighted by molar-refractivity contribution is -0.142. The number of aliphatic hydroxyl groups excluding tert-OH is 1. The highest BCUT2D eigenvalue weighted by Gasteiger charge is 2.26. The van der Waals surface area contributed by atoms with Crippen LogP contribution in [0.3, 0.4) is 0 Å². The summed E-state index contributed by atoms with van der Waals surface area (Å²) in [5.41, 5.74) is 0.661. The number of aliphatic hydroxyl groups is 1. The molecule has 2 aromatic rings. The zero-order valence-corrected chi connectivity index (χ0v) is 16.2. The molecule has 0 spiro atoms. The van der Waals surface area contributed by atoms with E-state index in [1.165, 1.54) is 17.0 Å². The van der Waals surface area contributed by atoms with Gasteiger partial charge in [-0.15, -0.1) is 0 Å². The molecule has 6 nitrogen and oxygen atoms in total. The molecule has 28 heavy (non-hydrogen) atoms. The standard InChI is InChI=1S/C20H22ClFN2O4/c1-14(20(27)23-10-11-25)24(12-15-6-8-16(22)9-7-15)19(26)13-28-18-5-3-2-4-17(18)21/h2-9,14,25H,10-13H2,1H3,(H,23,27)/t14-/m1/s1. The number of ether oxygens (including phenoxy) is 1. The van der Waals surface area contributed by atoms with Crippen LogP contribution in [-0.2, 0) is 16.1 Å². The van der Waals surface area contributed by atoms with Crippen molar-refractivity contribution in [3.05, 3.63) is 64.9 Å². The Kier molecular flexibility index (Phi) is 8.22. The van der Waals surface area contributed by atoms with Crippen LogP contribution in [0.4, 0.5) is 4.39 Å². The number of hydrogen-bond donors (Lipinski definition) is 2. The van der Waals surface area contributed by atoms with Crippen LogP contribution in [0.5, 0.6) is 5.75 Å². The van der Waals surface area contributed by atoms with E-state index in [2.05, 4.69) is 5.32 Å². The minimum atomic E-state index is -0.820. The summed E-state index contributed by atoms with van der Waals surface area (Å²) < 4.78 is 18.6. The Morgan fingerprint density at radius 1 is 1.21 bits per heavy atom. The second-order valence-corrected chi connectivity index (χ2v) is 6.47. The van der Waals surface area contributed by atoms with Crippen LogP contribution in [0.2, 0.25) is 5.02 Å². The molecule has 2 N–H and O–H groups in total. The van der Waals surface area contributed by atoms with Crippen LogP contribution in [0.25, 0.3) is 0 Å². The number of amides is 2. The number of para-hydroxylation sites is 1. The summed E-state index contributed by atoms with van der Waals surface area (Å²) >= 11 is 6.03. The van der Waals surface area contributed by atoms with Gasteiger partial charge in [0.25, 0.3) is 5.91 Å². The third kappa shape index (κ3) is 6.21. The molecule has 0 radical (unpaired) electrons. The van der Waals surface area contributed by atoms with Crippen molar-refractivity contribution in [2.45, 2.75) is 19.5 Å². The van der Waals surface area contributed by atoms with Gasteiger partial charge in [-0.2, -0.15) is 0 Å². The van der Waals surface area contributed by atoms with E-state index in [0.29, 0.717) is 16.3 Å². The van der Waals surface area contributed by atoms with Gasteiger partial charge in [-0.3, -0.25) is 9.59 Å². The molecule has 2 aromatic carbocycles. The van der Waals surface area contributed by atoms with Crippen molar-refractivity contribution in [1.29, 1.82) is 0 Å². The highest BCUT2D eigenvalue weighted by Crippen LogP contribution is 2.23. The molecule has 1 atom stereocenters. The molecule has 2 rings (SSSR count). The van der Waals surface area contributed by atoms with E-state index in [9.17, 15) is 14.0 Å². The number of hydrogen-bond acceptors (Lipinski definition) is 4. The van der Waals surface area contributed by atoms with Gasteiger partial charge in [0.2, 0.25) is 5.91 Å². The van der Waals surface area contributed by atoms with Crippen molar-refractivity contribution < 1.29 is 23.8 Å². The van der Waals surface area contributed by atoms with E-state index < -0.39 is 23.7 Å². The molecule has 0 bridgehead atoms. The predicted molar refractivity (Wildman–Crippen MR) is 103 cm³/mol. The SMILES string of the molecule is C[C@H](C(=O)NCCO)N(Cc1ccc(F)cc1)C(=O)COc1ccccc1Cl. The Labute approximate surface area is 167 Å². The normalized spacial score (nSPS) is 11.6. The topological polar surface area (TPSA) is 78.9 Å². The van der Waals surface area contributed by atoms with Crippen molar-refractivity contribution in [3.8, 4) is 5.75 Å². The Hall–Kier alpha value is -2.64. The first-order valence-corrected chi connectivity index (χ1v) is 9.10.